The number of nitrogens with zero attached hydrogens (tertiary/aromatic N) is 1. The predicted molar refractivity (Wildman–Crippen MR) is 104 cm³/mol. The summed E-state index contributed by atoms with van der Waals surface area (Å²) in [7, 11) is 1.59. The molecule has 2 rings (SSSR count). The Labute approximate surface area is 164 Å². The molecular weight excluding hydrogens is 360 g/mol. The molecule has 0 saturated heterocycles. The lowest BCUT2D eigenvalue weighted by molar-refractivity contribution is -0.133. The van der Waals surface area contributed by atoms with Gasteiger partial charge in [0.2, 0.25) is 5.91 Å². The van der Waals surface area contributed by atoms with Crippen LogP contribution in [-0.2, 0) is 11.3 Å². The van der Waals surface area contributed by atoms with Crippen LogP contribution < -0.4 is 5.32 Å². The molecule has 1 aromatic carbocycles. The molecule has 0 aliphatic carbocycles. The minimum atomic E-state index is -1.08. The molecule has 1 unspecified atom stereocenters. The minimum absolute atomic E-state index is 0.0731. The third-order valence-electron chi connectivity index (χ3n) is 4.50. The normalized spacial score (nSPS) is 11.9. The lowest BCUT2D eigenvalue weighted by Crippen LogP contribution is -2.50. The molecule has 1 atom stereocenters. The van der Waals surface area contributed by atoms with Crippen LogP contribution in [0.1, 0.15) is 51.6 Å². The molecule has 0 aliphatic rings. The second-order valence-corrected chi connectivity index (χ2v) is 7.24. The standard InChI is InChI=1S/C21H26N2O5/c1-12(2)18(22-19(24)15-8-6-13(3)7-9-15)20(25)23(5)11-16-10-17(21(26)27)14(4)28-16/h6-10,12,18H,11H2,1-5H3,(H,22,24)(H,26,27). The van der Waals surface area contributed by atoms with Crippen LogP contribution in [0.5, 0.6) is 0 Å². The number of furan rings is 1. The number of carboxylic acids is 1. The highest BCUT2D eigenvalue weighted by Gasteiger charge is 2.28. The molecular formula is C21H26N2O5. The SMILES string of the molecule is Cc1ccc(C(=O)NC(C(=O)N(C)Cc2cc(C(=O)O)c(C)o2)C(C)C)cc1. The summed E-state index contributed by atoms with van der Waals surface area (Å²) in [6, 6.07) is 7.81. The number of rotatable bonds is 7. The summed E-state index contributed by atoms with van der Waals surface area (Å²) in [4.78, 5) is 38.0. The Morgan fingerprint density at radius 1 is 1.14 bits per heavy atom. The summed E-state index contributed by atoms with van der Waals surface area (Å²) in [6.07, 6.45) is 0. The monoisotopic (exact) mass is 386 g/mol. The van der Waals surface area contributed by atoms with Gasteiger partial charge in [0.1, 0.15) is 23.1 Å². The number of hydrogen-bond donors (Lipinski definition) is 2. The second-order valence-electron chi connectivity index (χ2n) is 7.24. The van der Waals surface area contributed by atoms with Crippen LogP contribution in [0.4, 0.5) is 0 Å². The van der Waals surface area contributed by atoms with Crippen LogP contribution in [0.15, 0.2) is 34.7 Å². The zero-order valence-electron chi connectivity index (χ0n) is 16.8. The van der Waals surface area contributed by atoms with E-state index >= 15 is 0 Å². The van der Waals surface area contributed by atoms with Crippen LogP contribution in [0.3, 0.4) is 0 Å². The summed E-state index contributed by atoms with van der Waals surface area (Å²) in [5.74, 6) is -1.14. The number of carbonyl (C=O) groups is 3. The van der Waals surface area contributed by atoms with Gasteiger partial charge in [-0.25, -0.2) is 4.79 Å². The molecule has 7 heteroatoms. The first-order valence-corrected chi connectivity index (χ1v) is 9.05. The van der Waals surface area contributed by atoms with Gasteiger partial charge in [-0.1, -0.05) is 31.5 Å². The summed E-state index contributed by atoms with van der Waals surface area (Å²) in [6.45, 7) is 7.31. The van der Waals surface area contributed by atoms with E-state index in [1.54, 1.807) is 26.1 Å². The lowest BCUT2D eigenvalue weighted by Gasteiger charge is -2.26. The Hall–Kier alpha value is -3.09. The van der Waals surface area contributed by atoms with Crippen molar-refractivity contribution < 1.29 is 23.9 Å². The summed E-state index contributed by atoms with van der Waals surface area (Å²) >= 11 is 0. The maximum atomic E-state index is 12.9. The Morgan fingerprint density at radius 2 is 1.75 bits per heavy atom. The Balaban J connectivity index is 2.10. The van der Waals surface area contributed by atoms with E-state index in [0.29, 0.717) is 11.3 Å². The molecule has 0 radical (unpaired) electrons. The van der Waals surface area contributed by atoms with Gasteiger partial charge in [0.05, 0.1) is 6.54 Å². The van der Waals surface area contributed by atoms with E-state index in [4.69, 9.17) is 9.52 Å². The molecule has 0 aliphatic heterocycles. The maximum Gasteiger partial charge on any atom is 0.339 e. The quantitative estimate of drug-likeness (QED) is 0.762. The summed E-state index contributed by atoms with van der Waals surface area (Å²) in [5.41, 5.74) is 1.60. The summed E-state index contributed by atoms with van der Waals surface area (Å²) < 4.78 is 5.44. The van der Waals surface area contributed by atoms with Gasteiger partial charge in [0.15, 0.2) is 0 Å². The van der Waals surface area contributed by atoms with Crippen molar-refractivity contribution >= 4 is 17.8 Å². The van der Waals surface area contributed by atoms with Crippen molar-refractivity contribution in [3.05, 3.63) is 58.5 Å². The fourth-order valence-electron chi connectivity index (χ4n) is 2.83. The largest absolute Gasteiger partial charge is 0.478 e. The van der Waals surface area contributed by atoms with Crippen LogP contribution in [0.2, 0.25) is 0 Å². The Morgan fingerprint density at radius 3 is 2.25 bits per heavy atom. The molecule has 2 N–H and O–H groups in total. The van der Waals surface area contributed by atoms with E-state index in [1.165, 1.54) is 11.0 Å². The number of benzene rings is 1. The van der Waals surface area contributed by atoms with E-state index in [1.807, 2.05) is 32.9 Å². The zero-order chi connectivity index (χ0) is 21.0. The first kappa shape index (κ1) is 21.2. The second kappa shape index (κ2) is 8.73. The minimum Gasteiger partial charge on any atom is -0.478 e. The van der Waals surface area contributed by atoms with Gasteiger partial charge in [-0.3, -0.25) is 9.59 Å². The van der Waals surface area contributed by atoms with E-state index < -0.39 is 12.0 Å². The van der Waals surface area contributed by atoms with Crippen molar-refractivity contribution in [1.82, 2.24) is 10.2 Å². The number of hydrogen-bond acceptors (Lipinski definition) is 4. The lowest BCUT2D eigenvalue weighted by atomic mass is 10.0. The molecule has 1 aromatic heterocycles. The molecule has 2 aromatic rings. The molecule has 0 fully saturated rings. The van der Waals surface area contributed by atoms with Crippen LogP contribution in [0, 0.1) is 19.8 Å². The number of aromatic carboxylic acids is 1. The van der Waals surface area contributed by atoms with Crippen molar-refractivity contribution in [3.63, 3.8) is 0 Å². The van der Waals surface area contributed by atoms with E-state index in [2.05, 4.69) is 5.32 Å². The number of aryl methyl sites for hydroxylation is 2. The Kier molecular flexibility index (Phi) is 6.62. The molecule has 1 heterocycles. The predicted octanol–water partition coefficient (Wildman–Crippen LogP) is 3.01. The van der Waals surface area contributed by atoms with Gasteiger partial charge in [0, 0.05) is 12.6 Å². The molecule has 0 bridgehead atoms. The van der Waals surface area contributed by atoms with E-state index in [9.17, 15) is 14.4 Å². The average Bonchev–Trinajstić information content (AvgIpc) is 2.99. The van der Waals surface area contributed by atoms with Crippen molar-refractivity contribution in [2.45, 2.75) is 40.3 Å². The summed E-state index contributed by atoms with van der Waals surface area (Å²) in [5, 5.41) is 11.9. The number of nitrogens with one attached hydrogen (secondary N) is 1. The number of carboxylic acid groups (broad SMARTS) is 1. The van der Waals surface area contributed by atoms with E-state index in [0.717, 1.165) is 5.56 Å². The van der Waals surface area contributed by atoms with Crippen LogP contribution in [0.25, 0.3) is 0 Å². The Bertz CT molecular complexity index is 867. The molecule has 150 valence electrons. The molecule has 2 amide bonds. The molecule has 0 spiro atoms. The van der Waals surface area contributed by atoms with Crippen LogP contribution >= 0.6 is 0 Å². The van der Waals surface area contributed by atoms with Crippen molar-refractivity contribution in [1.29, 1.82) is 0 Å². The van der Waals surface area contributed by atoms with Crippen LogP contribution in [-0.4, -0.2) is 40.9 Å². The van der Waals surface area contributed by atoms with Gasteiger partial charge in [-0.2, -0.15) is 0 Å². The highest BCUT2D eigenvalue weighted by molar-refractivity contribution is 5.97. The molecule has 7 nitrogen and oxygen atoms in total. The third kappa shape index (κ3) is 5.00. The number of carbonyl (C=O) groups excluding carboxylic acids is 2. The maximum absolute atomic E-state index is 12.9. The van der Waals surface area contributed by atoms with Gasteiger partial charge in [-0.15, -0.1) is 0 Å². The highest BCUT2D eigenvalue weighted by Crippen LogP contribution is 2.17. The van der Waals surface area contributed by atoms with E-state index in [-0.39, 0.29) is 35.6 Å². The molecule has 0 saturated carbocycles. The van der Waals surface area contributed by atoms with Gasteiger partial charge < -0.3 is 19.7 Å². The zero-order valence-corrected chi connectivity index (χ0v) is 16.8. The smallest absolute Gasteiger partial charge is 0.339 e. The fraction of sp³-hybridized carbons (Fsp3) is 0.381. The average molecular weight is 386 g/mol. The first-order chi connectivity index (χ1) is 13.1. The van der Waals surface area contributed by atoms with Gasteiger partial charge in [-0.05, 0) is 38.0 Å². The van der Waals surface area contributed by atoms with Crippen molar-refractivity contribution in [2.24, 2.45) is 5.92 Å². The van der Waals surface area contributed by atoms with Gasteiger partial charge >= 0.3 is 5.97 Å². The van der Waals surface area contributed by atoms with Gasteiger partial charge in [0.25, 0.3) is 5.91 Å². The van der Waals surface area contributed by atoms with Crippen molar-refractivity contribution in [2.75, 3.05) is 7.05 Å². The number of amides is 2. The first-order valence-electron chi connectivity index (χ1n) is 9.05. The topological polar surface area (TPSA) is 99.9 Å². The number of likely N-dealkylation sites (N-methyl/N-ethyl adjacent to an activating group) is 1. The highest BCUT2D eigenvalue weighted by atomic mass is 16.4. The van der Waals surface area contributed by atoms with Crippen molar-refractivity contribution in [3.8, 4) is 0 Å². The fourth-order valence-corrected chi connectivity index (χ4v) is 2.83. The molecule has 28 heavy (non-hydrogen) atoms. The third-order valence-corrected chi connectivity index (χ3v) is 4.50.